The summed E-state index contributed by atoms with van der Waals surface area (Å²) in [5.41, 5.74) is -0.392. The zero-order valence-electron chi connectivity index (χ0n) is 10.3. The van der Waals surface area contributed by atoms with Gasteiger partial charge in [0.2, 0.25) is 0 Å². The van der Waals surface area contributed by atoms with Gasteiger partial charge in [0.05, 0.1) is 20.6 Å². The van der Waals surface area contributed by atoms with Crippen LogP contribution in [0.1, 0.15) is 20.3 Å². The van der Waals surface area contributed by atoms with Crippen molar-refractivity contribution >= 4 is 17.9 Å². The van der Waals surface area contributed by atoms with Crippen molar-refractivity contribution in [3.8, 4) is 0 Å². The summed E-state index contributed by atoms with van der Waals surface area (Å²) in [5, 5.41) is 0. The van der Waals surface area contributed by atoms with E-state index in [1.807, 2.05) is 6.92 Å². The van der Waals surface area contributed by atoms with Crippen LogP contribution in [0.3, 0.4) is 0 Å². The lowest BCUT2D eigenvalue weighted by molar-refractivity contribution is -0.894. The zero-order valence-corrected chi connectivity index (χ0v) is 11.8. The number of amides is 1. The van der Waals surface area contributed by atoms with Gasteiger partial charge in [-0.15, -0.1) is 0 Å². The number of halogens is 2. The topological polar surface area (TPSA) is 29.5 Å². The molecule has 0 bridgehead atoms. The predicted octanol–water partition coefficient (Wildman–Crippen LogP) is -1.16. The van der Waals surface area contributed by atoms with E-state index in [-0.39, 0.29) is 12.4 Å². The maximum absolute atomic E-state index is 11.2. The van der Waals surface area contributed by atoms with Crippen LogP contribution in [0.4, 0.5) is 4.79 Å². The van der Waals surface area contributed by atoms with Gasteiger partial charge < -0.3 is 21.6 Å². The summed E-state index contributed by atoms with van der Waals surface area (Å²) in [4.78, 5) is 11.2. The van der Waals surface area contributed by atoms with Crippen molar-refractivity contribution < 1.29 is 26.4 Å². The summed E-state index contributed by atoms with van der Waals surface area (Å²) in [6.45, 7) is 6.35. The highest BCUT2D eigenvalue weighted by atomic mass is 35.5. The molecule has 4 nitrogen and oxygen atoms in total. The maximum Gasteiger partial charge on any atom is 0.425 e. The van der Waals surface area contributed by atoms with E-state index < -0.39 is 11.6 Å². The molecule has 1 aliphatic heterocycles. The van der Waals surface area contributed by atoms with Gasteiger partial charge >= 0.3 is 6.09 Å². The molecule has 1 atom stereocenters. The lowest BCUT2D eigenvalue weighted by atomic mass is 10.0. The fourth-order valence-corrected chi connectivity index (χ4v) is 2.42. The highest BCUT2D eigenvalue weighted by Gasteiger charge is 2.47. The smallest absolute Gasteiger partial charge is 0.425 e. The van der Waals surface area contributed by atoms with Crippen LogP contribution in [-0.4, -0.2) is 54.3 Å². The van der Waals surface area contributed by atoms with Gasteiger partial charge in [0.25, 0.3) is 0 Å². The third-order valence-corrected chi connectivity index (χ3v) is 3.28. The normalized spacial score (nSPS) is 25.3. The van der Waals surface area contributed by atoms with Crippen molar-refractivity contribution in [3.63, 3.8) is 0 Å². The largest absolute Gasteiger partial charge is 1.00 e. The molecule has 1 amide bonds. The van der Waals surface area contributed by atoms with Gasteiger partial charge in [0.1, 0.15) is 18.7 Å². The Balaban J connectivity index is 0.00000225. The van der Waals surface area contributed by atoms with Crippen LogP contribution in [0.2, 0.25) is 0 Å². The second-order valence-electron chi connectivity index (χ2n) is 5.15. The molecule has 0 aromatic heterocycles. The second kappa shape index (κ2) is 5.43. The molecule has 1 aliphatic rings. The minimum absolute atomic E-state index is 0. The number of likely N-dealkylation sites (N-methyl/N-ethyl adjacent to an activating group) is 1. The molecule has 0 aromatic rings. The summed E-state index contributed by atoms with van der Waals surface area (Å²) in [6, 6.07) is 0. The van der Waals surface area contributed by atoms with E-state index in [1.54, 1.807) is 0 Å². The highest BCUT2D eigenvalue weighted by Crippen LogP contribution is 2.28. The first-order valence-corrected chi connectivity index (χ1v) is 5.59. The number of rotatable bonds is 4. The number of quaternary nitrogens is 1. The molecular formula is C10H20Cl2N2O2. The first-order chi connectivity index (χ1) is 6.81. The Morgan fingerprint density at radius 2 is 2.12 bits per heavy atom. The molecule has 1 heterocycles. The monoisotopic (exact) mass is 270 g/mol. The van der Waals surface area contributed by atoms with E-state index >= 15 is 0 Å². The number of hydrogen-bond acceptors (Lipinski definition) is 2. The van der Waals surface area contributed by atoms with E-state index in [9.17, 15) is 4.79 Å². The molecular weight excluding hydrogens is 251 g/mol. The minimum Gasteiger partial charge on any atom is -1.00 e. The van der Waals surface area contributed by atoms with Crippen molar-refractivity contribution in [2.45, 2.75) is 25.8 Å². The molecule has 1 fully saturated rings. The molecule has 6 heteroatoms. The standard InChI is InChI=1S/C10H20ClN2O2.ClH/c1-5-6-13(3,4)7-10(2)8-15-9(14)12(10)11;/h5-8H2,1-4H3;1H/q+1;/p-1. The number of carbonyl (C=O) groups is 1. The van der Waals surface area contributed by atoms with Crippen molar-refractivity contribution in [2.24, 2.45) is 0 Å². The lowest BCUT2D eigenvalue weighted by Crippen LogP contribution is -3.00. The fraction of sp³-hybridized carbons (Fsp3) is 0.900. The number of cyclic esters (lactones) is 1. The van der Waals surface area contributed by atoms with Gasteiger partial charge in [-0.1, -0.05) is 6.92 Å². The summed E-state index contributed by atoms with van der Waals surface area (Å²) in [5.74, 6) is 0. The van der Waals surface area contributed by atoms with Gasteiger partial charge in [-0.25, -0.2) is 9.21 Å². The SMILES string of the molecule is CCC[N+](C)(C)CC1(C)COC(=O)N1Cl.[Cl-]. The molecule has 0 aliphatic carbocycles. The number of ether oxygens (including phenoxy) is 1. The highest BCUT2D eigenvalue weighted by molar-refractivity contribution is 6.21. The van der Waals surface area contributed by atoms with Crippen LogP contribution in [0, 0.1) is 0 Å². The van der Waals surface area contributed by atoms with Crippen LogP contribution >= 0.6 is 11.8 Å². The molecule has 0 saturated carbocycles. The Kier molecular flexibility index (Phi) is 5.36. The quantitative estimate of drug-likeness (QED) is 0.477. The van der Waals surface area contributed by atoms with E-state index in [0.29, 0.717) is 6.61 Å². The lowest BCUT2D eigenvalue weighted by Gasteiger charge is -2.37. The molecule has 96 valence electrons. The van der Waals surface area contributed by atoms with Crippen LogP contribution in [0.15, 0.2) is 0 Å². The van der Waals surface area contributed by atoms with Gasteiger partial charge in [0.15, 0.2) is 0 Å². The average Bonchev–Trinajstić information content (AvgIpc) is 2.32. The number of hydrogen-bond donors (Lipinski definition) is 0. The summed E-state index contributed by atoms with van der Waals surface area (Å²) in [6.07, 6.45) is 0.677. The Hall–Kier alpha value is -0.190. The van der Waals surface area contributed by atoms with Crippen LogP contribution < -0.4 is 12.4 Å². The molecule has 0 N–H and O–H groups in total. The van der Waals surface area contributed by atoms with Crippen molar-refractivity contribution in [2.75, 3.05) is 33.8 Å². The van der Waals surface area contributed by atoms with Crippen molar-refractivity contribution in [3.05, 3.63) is 0 Å². The maximum atomic E-state index is 11.2. The van der Waals surface area contributed by atoms with Gasteiger partial charge in [0, 0.05) is 11.8 Å². The van der Waals surface area contributed by atoms with Crippen LogP contribution in [-0.2, 0) is 4.74 Å². The molecule has 0 aromatic carbocycles. The first-order valence-electron chi connectivity index (χ1n) is 5.25. The summed E-state index contributed by atoms with van der Waals surface area (Å²) in [7, 11) is 4.28. The van der Waals surface area contributed by atoms with E-state index in [1.165, 1.54) is 4.42 Å². The minimum atomic E-state index is -0.435. The first kappa shape index (κ1) is 15.8. The number of carbonyl (C=O) groups excluding carboxylic acids is 1. The molecule has 1 rings (SSSR count). The van der Waals surface area contributed by atoms with E-state index in [0.717, 1.165) is 24.0 Å². The van der Waals surface area contributed by atoms with Gasteiger partial charge in [-0.2, -0.15) is 0 Å². The van der Waals surface area contributed by atoms with Gasteiger partial charge in [-0.05, 0) is 13.3 Å². The van der Waals surface area contributed by atoms with Crippen LogP contribution in [0.5, 0.6) is 0 Å². The Bertz CT molecular complexity index is 261. The summed E-state index contributed by atoms with van der Waals surface area (Å²) >= 11 is 5.92. The van der Waals surface area contributed by atoms with Gasteiger partial charge in [-0.3, -0.25) is 0 Å². The molecule has 1 unspecified atom stereocenters. The molecule has 16 heavy (non-hydrogen) atoms. The second-order valence-corrected chi connectivity index (χ2v) is 5.49. The van der Waals surface area contributed by atoms with E-state index in [4.69, 9.17) is 16.5 Å². The predicted molar refractivity (Wildman–Crippen MR) is 59.6 cm³/mol. The molecule has 0 radical (unpaired) electrons. The molecule has 0 spiro atoms. The Labute approximate surface area is 109 Å². The third kappa shape index (κ3) is 3.40. The average molecular weight is 271 g/mol. The zero-order chi connectivity index (χ0) is 11.7. The van der Waals surface area contributed by atoms with Crippen LogP contribution in [0.25, 0.3) is 0 Å². The number of nitrogens with zero attached hydrogens (tertiary/aromatic N) is 2. The van der Waals surface area contributed by atoms with Crippen molar-refractivity contribution in [1.29, 1.82) is 0 Å². The van der Waals surface area contributed by atoms with E-state index in [2.05, 4.69) is 21.0 Å². The Morgan fingerprint density at radius 1 is 1.56 bits per heavy atom. The fourth-order valence-electron chi connectivity index (χ4n) is 2.27. The summed E-state index contributed by atoms with van der Waals surface area (Å²) < 4.78 is 6.99. The third-order valence-electron chi connectivity index (χ3n) is 2.74. The Morgan fingerprint density at radius 3 is 2.50 bits per heavy atom. The van der Waals surface area contributed by atoms with Crippen molar-refractivity contribution in [1.82, 2.24) is 4.42 Å². The molecule has 1 saturated heterocycles.